The molecule has 0 spiro atoms. The van der Waals surface area contributed by atoms with E-state index in [4.69, 9.17) is 14.2 Å². The molecule has 2 aromatic carbocycles. The van der Waals surface area contributed by atoms with Crippen LogP contribution in [0.2, 0.25) is 0 Å². The molecule has 0 bridgehead atoms. The molecule has 33 heavy (non-hydrogen) atoms. The number of rotatable bonds is 10. The van der Waals surface area contributed by atoms with Crippen LogP contribution in [-0.2, 0) is 19.6 Å². The molecule has 0 radical (unpaired) electrons. The predicted octanol–water partition coefficient (Wildman–Crippen LogP) is 3.78. The van der Waals surface area contributed by atoms with Gasteiger partial charge in [0, 0.05) is 13.1 Å². The van der Waals surface area contributed by atoms with Gasteiger partial charge in [-0.25, -0.2) is 17.2 Å². The van der Waals surface area contributed by atoms with Crippen LogP contribution in [0.3, 0.4) is 0 Å². The van der Waals surface area contributed by atoms with Crippen LogP contribution in [0.1, 0.15) is 26.2 Å². The third-order valence-corrected chi connectivity index (χ3v) is 7.10. The number of carbonyl (C=O) groups excluding carboxylic acids is 1. The lowest BCUT2D eigenvalue weighted by atomic mass is 9.98. The van der Waals surface area contributed by atoms with Crippen LogP contribution in [0.15, 0.2) is 47.4 Å². The second-order valence-corrected chi connectivity index (χ2v) is 9.53. The minimum absolute atomic E-state index is 0.0697. The van der Waals surface area contributed by atoms with Crippen molar-refractivity contribution in [1.82, 2.24) is 4.31 Å². The van der Waals surface area contributed by atoms with Crippen molar-refractivity contribution in [2.45, 2.75) is 31.1 Å². The Morgan fingerprint density at radius 1 is 0.939 bits per heavy atom. The third kappa shape index (κ3) is 6.64. The predicted molar refractivity (Wildman–Crippen MR) is 117 cm³/mol. The Kier molecular flexibility index (Phi) is 8.62. The van der Waals surface area contributed by atoms with E-state index >= 15 is 0 Å². The molecular formula is C23H27F2NO6S. The smallest absolute Gasteiger partial charge is 0.309 e. The van der Waals surface area contributed by atoms with Gasteiger partial charge in [0.2, 0.25) is 10.0 Å². The van der Waals surface area contributed by atoms with Crippen molar-refractivity contribution < 1.29 is 36.2 Å². The Bertz CT molecular complexity index is 1040. The van der Waals surface area contributed by atoms with E-state index in [9.17, 15) is 22.0 Å². The van der Waals surface area contributed by atoms with Gasteiger partial charge in [-0.15, -0.1) is 0 Å². The van der Waals surface area contributed by atoms with Gasteiger partial charge in [-0.1, -0.05) is 6.92 Å². The van der Waals surface area contributed by atoms with E-state index in [2.05, 4.69) is 0 Å². The van der Waals surface area contributed by atoms with Crippen LogP contribution in [0.25, 0.3) is 0 Å². The second-order valence-electron chi connectivity index (χ2n) is 7.59. The number of piperidine rings is 1. The molecule has 7 nitrogen and oxygen atoms in total. The molecule has 1 aliphatic rings. The van der Waals surface area contributed by atoms with E-state index in [0.29, 0.717) is 18.4 Å². The van der Waals surface area contributed by atoms with Gasteiger partial charge in [-0.05, 0) is 61.7 Å². The number of nitrogens with zero attached hydrogens (tertiary/aromatic N) is 1. The summed E-state index contributed by atoms with van der Waals surface area (Å²) >= 11 is 0. The summed E-state index contributed by atoms with van der Waals surface area (Å²) in [5.74, 6) is -1.79. The largest absolute Gasteiger partial charge is 0.494 e. The van der Waals surface area contributed by atoms with Crippen molar-refractivity contribution in [3.8, 4) is 11.5 Å². The molecule has 180 valence electrons. The molecule has 1 aliphatic heterocycles. The third-order valence-electron chi connectivity index (χ3n) is 5.21. The number of esters is 1. The Morgan fingerprint density at radius 3 is 2.12 bits per heavy atom. The standard InChI is InChI=1S/C23H27F2NO6S/c1-2-13-30-18-3-5-19(6-4-18)31-14-15-32-23(27)17-9-11-26(12-10-17)33(28,29)20-7-8-21(24)22(25)16-20/h3-8,16-17H,2,9-15H2,1H3. The van der Waals surface area contributed by atoms with E-state index in [1.54, 1.807) is 24.3 Å². The minimum Gasteiger partial charge on any atom is -0.494 e. The monoisotopic (exact) mass is 483 g/mol. The summed E-state index contributed by atoms with van der Waals surface area (Å²) in [5, 5.41) is 0. The molecular weight excluding hydrogens is 456 g/mol. The van der Waals surface area contributed by atoms with Crippen LogP contribution >= 0.6 is 0 Å². The zero-order valence-electron chi connectivity index (χ0n) is 18.3. The average molecular weight is 484 g/mol. The van der Waals surface area contributed by atoms with Crippen LogP contribution < -0.4 is 9.47 Å². The van der Waals surface area contributed by atoms with Gasteiger partial charge in [0.1, 0.15) is 24.7 Å². The highest BCUT2D eigenvalue weighted by molar-refractivity contribution is 7.89. The van der Waals surface area contributed by atoms with Crippen LogP contribution in [0.5, 0.6) is 11.5 Å². The van der Waals surface area contributed by atoms with Crippen molar-refractivity contribution in [3.63, 3.8) is 0 Å². The Labute approximate surface area is 192 Å². The molecule has 0 N–H and O–H groups in total. The number of carbonyl (C=O) groups is 1. The molecule has 0 saturated carbocycles. The van der Waals surface area contributed by atoms with Gasteiger partial charge in [-0.2, -0.15) is 4.31 Å². The zero-order chi connectivity index (χ0) is 23.8. The molecule has 0 unspecified atom stereocenters. The fraction of sp³-hybridized carbons (Fsp3) is 0.435. The molecule has 3 rings (SSSR count). The van der Waals surface area contributed by atoms with Crippen molar-refractivity contribution in [2.75, 3.05) is 32.9 Å². The molecule has 0 aromatic heterocycles. The quantitative estimate of drug-likeness (QED) is 0.378. The Balaban J connectivity index is 1.40. The lowest BCUT2D eigenvalue weighted by Crippen LogP contribution is -2.40. The van der Waals surface area contributed by atoms with Gasteiger partial charge < -0.3 is 14.2 Å². The minimum atomic E-state index is -3.96. The summed E-state index contributed by atoms with van der Waals surface area (Å²) in [7, 11) is -3.96. The van der Waals surface area contributed by atoms with E-state index < -0.39 is 33.5 Å². The highest BCUT2D eigenvalue weighted by atomic mass is 32.2. The van der Waals surface area contributed by atoms with Crippen LogP contribution in [0.4, 0.5) is 8.78 Å². The molecule has 1 heterocycles. The van der Waals surface area contributed by atoms with Crippen LogP contribution in [0, 0.1) is 17.6 Å². The molecule has 10 heteroatoms. The van der Waals surface area contributed by atoms with Gasteiger partial charge in [0.05, 0.1) is 17.4 Å². The van der Waals surface area contributed by atoms with E-state index in [1.807, 2.05) is 6.92 Å². The number of hydrogen-bond donors (Lipinski definition) is 0. The van der Waals surface area contributed by atoms with E-state index in [-0.39, 0.29) is 44.0 Å². The van der Waals surface area contributed by atoms with Crippen molar-refractivity contribution in [1.29, 1.82) is 0 Å². The maximum Gasteiger partial charge on any atom is 0.309 e. The highest BCUT2D eigenvalue weighted by Gasteiger charge is 2.33. The molecule has 0 atom stereocenters. The van der Waals surface area contributed by atoms with Gasteiger partial charge in [0.15, 0.2) is 11.6 Å². The van der Waals surface area contributed by atoms with E-state index in [1.165, 1.54) is 4.31 Å². The normalized spacial score (nSPS) is 15.2. The first-order valence-corrected chi connectivity index (χ1v) is 12.2. The first kappa shape index (κ1) is 24.9. The summed E-state index contributed by atoms with van der Waals surface area (Å²) in [6, 6.07) is 9.63. The summed E-state index contributed by atoms with van der Waals surface area (Å²) in [5.41, 5.74) is 0. The van der Waals surface area contributed by atoms with Crippen molar-refractivity contribution in [3.05, 3.63) is 54.1 Å². The second kappa shape index (κ2) is 11.4. The SMILES string of the molecule is CCCOc1ccc(OCCOC(=O)C2CCN(S(=O)(=O)c3ccc(F)c(F)c3)CC2)cc1. The zero-order valence-corrected chi connectivity index (χ0v) is 19.2. The summed E-state index contributed by atoms with van der Waals surface area (Å²) < 4.78 is 69.3. The van der Waals surface area contributed by atoms with Crippen LogP contribution in [-0.4, -0.2) is 51.6 Å². The molecule has 1 saturated heterocycles. The lowest BCUT2D eigenvalue weighted by Gasteiger charge is -2.30. The van der Waals surface area contributed by atoms with E-state index in [0.717, 1.165) is 24.3 Å². The van der Waals surface area contributed by atoms with Gasteiger partial charge in [0.25, 0.3) is 0 Å². The molecule has 0 aliphatic carbocycles. The molecule has 2 aromatic rings. The van der Waals surface area contributed by atoms with Gasteiger partial charge in [-0.3, -0.25) is 4.79 Å². The number of benzene rings is 2. The first-order valence-electron chi connectivity index (χ1n) is 10.8. The fourth-order valence-corrected chi connectivity index (χ4v) is 4.87. The lowest BCUT2D eigenvalue weighted by molar-refractivity contribution is -0.150. The van der Waals surface area contributed by atoms with Crippen molar-refractivity contribution in [2.24, 2.45) is 5.92 Å². The summed E-state index contributed by atoms with van der Waals surface area (Å²) in [6.07, 6.45) is 1.48. The molecule has 0 amide bonds. The fourth-order valence-electron chi connectivity index (χ4n) is 3.39. The molecule has 1 fully saturated rings. The number of halogens is 2. The topological polar surface area (TPSA) is 82.1 Å². The van der Waals surface area contributed by atoms with Crippen molar-refractivity contribution >= 4 is 16.0 Å². The highest BCUT2D eigenvalue weighted by Crippen LogP contribution is 2.25. The Morgan fingerprint density at radius 2 is 1.55 bits per heavy atom. The maximum atomic E-state index is 13.4. The Hall–Kier alpha value is -2.72. The summed E-state index contributed by atoms with van der Waals surface area (Å²) in [6.45, 7) is 3.10. The van der Waals surface area contributed by atoms with Gasteiger partial charge >= 0.3 is 5.97 Å². The average Bonchev–Trinajstić information content (AvgIpc) is 2.82. The number of hydrogen-bond acceptors (Lipinski definition) is 6. The summed E-state index contributed by atoms with van der Waals surface area (Å²) in [4.78, 5) is 12.0. The number of ether oxygens (including phenoxy) is 3. The maximum absolute atomic E-state index is 13.4. The first-order chi connectivity index (χ1) is 15.8. The number of sulfonamides is 1.